The van der Waals surface area contributed by atoms with E-state index in [4.69, 9.17) is 0 Å². The molecule has 1 aromatic rings. The number of aliphatic hydroxyl groups is 1. The van der Waals surface area contributed by atoms with E-state index in [1.165, 1.54) is 0 Å². The fourth-order valence-electron chi connectivity index (χ4n) is 2.40. The summed E-state index contributed by atoms with van der Waals surface area (Å²) in [7, 11) is -3.44. The first-order chi connectivity index (χ1) is 9.38. The maximum absolute atomic E-state index is 12.0. The molecule has 0 aliphatic carbocycles. The highest BCUT2D eigenvalue weighted by molar-refractivity contribution is 7.89. The summed E-state index contributed by atoms with van der Waals surface area (Å²) in [6.07, 6.45) is 1.49. The lowest BCUT2D eigenvalue weighted by molar-refractivity contribution is 0.154. The number of nitrogens with one attached hydrogen (secondary N) is 1. The molecule has 1 saturated heterocycles. The summed E-state index contributed by atoms with van der Waals surface area (Å²) in [6.45, 7) is 5.09. The molecule has 0 amide bonds. The lowest BCUT2D eigenvalue weighted by Crippen LogP contribution is -2.38. The van der Waals surface area contributed by atoms with Crippen LogP contribution in [0.25, 0.3) is 0 Å². The molecule has 20 heavy (non-hydrogen) atoms. The minimum Gasteiger partial charge on any atom is -0.391 e. The molecule has 2 N–H and O–H groups in total. The van der Waals surface area contributed by atoms with Crippen LogP contribution in [-0.4, -0.2) is 38.8 Å². The number of nitrogens with zero attached hydrogens (tertiary/aromatic N) is 1. The highest BCUT2D eigenvalue weighted by Gasteiger charge is 2.19. The van der Waals surface area contributed by atoms with Crippen LogP contribution >= 0.6 is 0 Å². The van der Waals surface area contributed by atoms with E-state index in [0.29, 0.717) is 6.54 Å². The van der Waals surface area contributed by atoms with Crippen LogP contribution in [0, 0.1) is 0 Å². The Bertz CT molecular complexity index is 540. The zero-order valence-corrected chi connectivity index (χ0v) is 12.7. The van der Waals surface area contributed by atoms with E-state index in [1.807, 2.05) is 0 Å². The molecule has 0 radical (unpaired) electrons. The van der Waals surface area contributed by atoms with E-state index in [0.717, 1.165) is 25.1 Å². The highest BCUT2D eigenvalue weighted by atomic mass is 32.2. The molecule has 1 aliphatic rings. The van der Waals surface area contributed by atoms with Gasteiger partial charge in [0, 0.05) is 24.8 Å². The van der Waals surface area contributed by atoms with Gasteiger partial charge < -0.3 is 10.0 Å². The molecule has 2 rings (SSSR count). The Morgan fingerprint density at radius 1 is 1.30 bits per heavy atom. The molecular weight excluding hydrogens is 276 g/mol. The molecule has 0 unspecified atom stereocenters. The summed E-state index contributed by atoms with van der Waals surface area (Å²) in [5.74, 6) is 0. The molecule has 0 saturated carbocycles. The fourth-order valence-corrected chi connectivity index (χ4v) is 3.65. The molecule has 6 heteroatoms. The largest absolute Gasteiger partial charge is 0.391 e. The van der Waals surface area contributed by atoms with Gasteiger partial charge in [-0.25, -0.2) is 13.1 Å². The van der Waals surface area contributed by atoms with Gasteiger partial charge in [-0.05, 0) is 51.0 Å². The summed E-state index contributed by atoms with van der Waals surface area (Å²) < 4.78 is 26.6. The van der Waals surface area contributed by atoms with E-state index in [2.05, 4.69) is 9.62 Å². The van der Waals surface area contributed by atoms with E-state index >= 15 is 0 Å². The number of β-amino-alcohol motifs (C(OH)–C–C–N with tert-alkyl or cyclic N) is 1. The van der Waals surface area contributed by atoms with Gasteiger partial charge in [0.15, 0.2) is 0 Å². The Hall–Kier alpha value is -1.11. The van der Waals surface area contributed by atoms with Crippen molar-refractivity contribution in [2.24, 2.45) is 0 Å². The Labute approximate surface area is 120 Å². The average Bonchev–Trinajstić information content (AvgIpc) is 2.37. The van der Waals surface area contributed by atoms with Crippen LogP contribution < -0.4 is 9.62 Å². The van der Waals surface area contributed by atoms with Crippen LogP contribution in [0.3, 0.4) is 0 Å². The zero-order chi connectivity index (χ0) is 14.8. The molecule has 1 atom stereocenters. The SMILES string of the molecule is CC(C)NS(=O)(=O)c1ccc(N2CCC[C@H](O)C2)cc1. The number of rotatable bonds is 4. The normalized spacial score (nSPS) is 20.4. The molecule has 1 aliphatic heterocycles. The van der Waals surface area contributed by atoms with Crippen molar-refractivity contribution in [1.29, 1.82) is 0 Å². The van der Waals surface area contributed by atoms with E-state index < -0.39 is 10.0 Å². The predicted molar refractivity (Wildman–Crippen MR) is 79.4 cm³/mol. The van der Waals surface area contributed by atoms with Gasteiger partial charge in [-0.15, -0.1) is 0 Å². The first-order valence-electron chi connectivity index (χ1n) is 6.94. The van der Waals surface area contributed by atoms with Crippen LogP contribution in [0.15, 0.2) is 29.2 Å². The van der Waals surface area contributed by atoms with Gasteiger partial charge in [0.25, 0.3) is 0 Å². The first-order valence-corrected chi connectivity index (χ1v) is 8.42. The lowest BCUT2D eigenvalue weighted by Gasteiger charge is -2.32. The van der Waals surface area contributed by atoms with Crippen LogP contribution in [0.2, 0.25) is 0 Å². The summed E-state index contributed by atoms with van der Waals surface area (Å²) in [4.78, 5) is 2.35. The number of hydrogen-bond donors (Lipinski definition) is 2. The molecule has 0 spiro atoms. The molecule has 5 nitrogen and oxygen atoms in total. The third-order valence-corrected chi connectivity index (χ3v) is 4.97. The Kier molecular flexibility index (Phi) is 4.67. The Morgan fingerprint density at radius 3 is 2.50 bits per heavy atom. The van der Waals surface area contributed by atoms with Gasteiger partial charge in [0.05, 0.1) is 11.0 Å². The van der Waals surface area contributed by atoms with Crippen molar-refractivity contribution >= 4 is 15.7 Å². The smallest absolute Gasteiger partial charge is 0.240 e. The van der Waals surface area contributed by atoms with Gasteiger partial charge in [-0.3, -0.25) is 0 Å². The summed E-state index contributed by atoms with van der Waals surface area (Å²) in [5, 5.41) is 9.68. The third kappa shape index (κ3) is 3.71. The average molecular weight is 298 g/mol. The molecule has 112 valence electrons. The van der Waals surface area contributed by atoms with Crippen LogP contribution in [0.5, 0.6) is 0 Å². The maximum Gasteiger partial charge on any atom is 0.240 e. The number of hydrogen-bond acceptors (Lipinski definition) is 4. The highest BCUT2D eigenvalue weighted by Crippen LogP contribution is 2.22. The first kappa shape index (κ1) is 15.3. The van der Waals surface area contributed by atoms with Gasteiger partial charge in [-0.2, -0.15) is 0 Å². The zero-order valence-electron chi connectivity index (χ0n) is 11.9. The number of aliphatic hydroxyl groups excluding tert-OH is 1. The molecule has 0 bridgehead atoms. The van der Waals surface area contributed by atoms with Gasteiger partial charge in [0.1, 0.15) is 0 Å². The summed E-state index contributed by atoms with van der Waals surface area (Å²) in [6, 6.07) is 6.69. The minimum atomic E-state index is -3.44. The molecule has 1 heterocycles. The Balaban J connectivity index is 2.14. The molecule has 1 aromatic carbocycles. The second kappa shape index (κ2) is 6.11. The van der Waals surface area contributed by atoms with Gasteiger partial charge >= 0.3 is 0 Å². The van der Waals surface area contributed by atoms with Crippen molar-refractivity contribution in [2.75, 3.05) is 18.0 Å². The van der Waals surface area contributed by atoms with Crippen molar-refractivity contribution in [1.82, 2.24) is 4.72 Å². The number of anilines is 1. The number of piperidine rings is 1. The fraction of sp³-hybridized carbons (Fsp3) is 0.571. The maximum atomic E-state index is 12.0. The number of sulfonamides is 1. The third-order valence-electron chi connectivity index (χ3n) is 3.30. The van der Waals surface area contributed by atoms with Crippen molar-refractivity contribution in [2.45, 2.75) is 43.7 Å². The van der Waals surface area contributed by atoms with Gasteiger partial charge in [0.2, 0.25) is 10.0 Å². The van der Waals surface area contributed by atoms with Crippen LogP contribution in [0.4, 0.5) is 5.69 Å². The van der Waals surface area contributed by atoms with E-state index in [1.54, 1.807) is 38.1 Å². The van der Waals surface area contributed by atoms with Crippen molar-refractivity contribution in [3.63, 3.8) is 0 Å². The quantitative estimate of drug-likeness (QED) is 0.880. The molecule has 0 aromatic heterocycles. The monoisotopic (exact) mass is 298 g/mol. The standard InChI is InChI=1S/C14H22N2O3S/c1-11(2)15-20(18,19)14-7-5-12(6-8-14)16-9-3-4-13(17)10-16/h5-8,11,13,15,17H,3-4,9-10H2,1-2H3/t13-/m0/s1. The van der Waals surface area contributed by atoms with E-state index in [-0.39, 0.29) is 17.0 Å². The van der Waals surface area contributed by atoms with E-state index in [9.17, 15) is 13.5 Å². The lowest BCUT2D eigenvalue weighted by atomic mass is 10.1. The second-order valence-corrected chi connectivity index (χ2v) is 7.23. The van der Waals surface area contributed by atoms with Crippen molar-refractivity contribution < 1.29 is 13.5 Å². The van der Waals surface area contributed by atoms with Crippen molar-refractivity contribution in [3.8, 4) is 0 Å². The molecular formula is C14H22N2O3S. The second-order valence-electron chi connectivity index (χ2n) is 5.51. The van der Waals surface area contributed by atoms with Crippen LogP contribution in [-0.2, 0) is 10.0 Å². The topological polar surface area (TPSA) is 69.6 Å². The van der Waals surface area contributed by atoms with Crippen LogP contribution in [0.1, 0.15) is 26.7 Å². The number of benzene rings is 1. The summed E-state index contributed by atoms with van der Waals surface area (Å²) >= 11 is 0. The van der Waals surface area contributed by atoms with Crippen molar-refractivity contribution in [3.05, 3.63) is 24.3 Å². The van der Waals surface area contributed by atoms with Gasteiger partial charge in [-0.1, -0.05) is 0 Å². The molecule has 1 fully saturated rings. The Morgan fingerprint density at radius 2 is 1.95 bits per heavy atom. The summed E-state index contributed by atoms with van der Waals surface area (Å²) in [5.41, 5.74) is 0.951. The predicted octanol–water partition coefficient (Wildman–Crippen LogP) is 1.33. The minimum absolute atomic E-state index is 0.128.